The second-order valence-corrected chi connectivity index (χ2v) is 8.37. The molecule has 1 aromatic carbocycles. The van der Waals surface area contributed by atoms with Crippen molar-refractivity contribution in [3.8, 4) is 11.5 Å². The van der Waals surface area contributed by atoms with Crippen LogP contribution in [0.4, 0.5) is 5.13 Å². The maximum absolute atomic E-state index is 13.0. The van der Waals surface area contributed by atoms with Crippen LogP contribution in [0.5, 0.6) is 11.5 Å². The van der Waals surface area contributed by atoms with Crippen LogP contribution in [-0.4, -0.2) is 47.4 Å². The summed E-state index contributed by atoms with van der Waals surface area (Å²) < 4.78 is 12.9. The summed E-state index contributed by atoms with van der Waals surface area (Å²) in [5.41, 5.74) is 1.29. The predicted molar refractivity (Wildman–Crippen MR) is 112 cm³/mol. The summed E-state index contributed by atoms with van der Waals surface area (Å²) in [6.45, 7) is 2.09. The number of nitrogens with zero attached hydrogens (tertiary/aromatic N) is 4. The van der Waals surface area contributed by atoms with Crippen molar-refractivity contribution < 1.29 is 14.3 Å². The minimum absolute atomic E-state index is 0.0395. The van der Waals surface area contributed by atoms with Gasteiger partial charge in [-0.2, -0.15) is 4.98 Å². The molecule has 5 rings (SSSR count). The van der Waals surface area contributed by atoms with Crippen molar-refractivity contribution >= 4 is 32.7 Å². The maximum atomic E-state index is 13.0. The van der Waals surface area contributed by atoms with Crippen LogP contribution in [0.25, 0.3) is 10.3 Å². The van der Waals surface area contributed by atoms with E-state index in [2.05, 4.69) is 20.2 Å². The Morgan fingerprint density at radius 3 is 2.87 bits per heavy atom. The van der Waals surface area contributed by atoms with Crippen molar-refractivity contribution in [2.24, 2.45) is 5.92 Å². The van der Waals surface area contributed by atoms with Gasteiger partial charge in [0.1, 0.15) is 11.0 Å². The molecule has 1 saturated heterocycles. The number of carbonyl (C=O) groups excluding carboxylic acids is 1. The lowest BCUT2D eigenvalue weighted by molar-refractivity contribution is -0.125. The van der Waals surface area contributed by atoms with E-state index in [-0.39, 0.29) is 24.2 Å². The highest BCUT2D eigenvalue weighted by Gasteiger charge is 2.26. The number of hydrogen-bond acceptors (Lipinski definition) is 8. The van der Waals surface area contributed by atoms with Gasteiger partial charge in [-0.05, 0) is 30.5 Å². The van der Waals surface area contributed by atoms with Gasteiger partial charge in [-0.3, -0.25) is 14.2 Å². The standard InChI is InChI=1S/C20H21N5O4S/c1-21-18(26)13-4-6-24(7-5-13)20-23-17-16(30-20)19(27)25(10-22-17)9-12-2-3-14-15(8-12)29-11-28-14/h2-3,8,10,13H,4-7,9,11H2,1H3,(H,21,26). The van der Waals surface area contributed by atoms with Gasteiger partial charge in [-0.1, -0.05) is 17.4 Å². The van der Waals surface area contributed by atoms with Gasteiger partial charge in [-0.15, -0.1) is 0 Å². The van der Waals surface area contributed by atoms with Gasteiger partial charge in [0.05, 0.1) is 6.54 Å². The number of aromatic nitrogens is 3. The van der Waals surface area contributed by atoms with Crippen molar-refractivity contribution in [1.82, 2.24) is 19.9 Å². The smallest absolute Gasteiger partial charge is 0.273 e. The number of hydrogen-bond donors (Lipinski definition) is 1. The highest BCUT2D eigenvalue weighted by atomic mass is 32.1. The molecule has 0 unspecified atom stereocenters. The molecule has 0 atom stereocenters. The quantitative estimate of drug-likeness (QED) is 0.675. The first-order valence-electron chi connectivity index (χ1n) is 9.83. The van der Waals surface area contributed by atoms with Gasteiger partial charge in [-0.25, -0.2) is 4.98 Å². The Hall–Kier alpha value is -3.14. The molecular formula is C20H21N5O4S. The van der Waals surface area contributed by atoms with Crippen LogP contribution in [0.2, 0.25) is 0 Å². The van der Waals surface area contributed by atoms with Crippen LogP contribution >= 0.6 is 11.3 Å². The van der Waals surface area contributed by atoms with E-state index >= 15 is 0 Å². The second kappa shape index (κ2) is 7.60. The van der Waals surface area contributed by atoms with Gasteiger partial charge >= 0.3 is 0 Å². The molecule has 30 heavy (non-hydrogen) atoms. The first-order chi connectivity index (χ1) is 14.6. The van der Waals surface area contributed by atoms with Crippen LogP contribution in [0.15, 0.2) is 29.3 Å². The van der Waals surface area contributed by atoms with Crippen LogP contribution in [0, 0.1) is 5.92 Å². The molecule has 9 nitrogen and oxygen atoms in total. The SMILES string of the molecule is CNC(=O)C1CCN(c2nc3ncn(Cc4ccc5c(c4)OCO5)c(=O)c3s2)CC1. The molecule has 2 aliphatic heterocycles. The predicted octanol–water partition coefficient (Wildman–Crippen LogP) is 1.59. The Morgan fingerprint density at radius 1 is 1.27 bits per heavy atom. The Labute approximate surface area is 176 Å². The summed E-state index contributed by atoms with van der Waals surface area (Å²) in [6, 6.07) is 5.65. The van der Waals surface area contributed by atoms with E-state index in [1.165, 1.54) is 17.7 Å². The molecule has 4 heterocycles. The summed E-state index contributed by atoms with van der Waals surface area (Å²) >= 11 is 1.36. The van der Waals surface area contributed by atoms with Crippen molar-refractivity contribution in [1.29, 1.82) is 0 Å². The topological polar surface area (TPSA) is 98.6 Å². The number of nitrogens with one attached hydrogen (secondary N) is 1. The molecule has 3 aromatic rings. The lowest BCUT2D eigenvalue weighted by atomic mass is 9.96. The van der Waals surface area contributed by atoms with Crippen molar-refractivity contribution in [2.75, 3.05) is 31.8 Å². The maximum Gasteiger partial charge on any atom is 0.273 e. The lowest BCUT2D eigenvalue weighted by Gasteiger charge is -2.30. The lowest BCUT2D eigenvalue weighted by Crippen LogP contribution is -2.39. The molecule has 0 aliphatic carbocycles. The Morgan fingerprint density at radius 2 is 2.07 bits per heavy atom. The fraction of sp³-hybridized carbons (Fsp3) is 0.400. The second-order valence-electron chi connectivity index (χ2n) is 7.39. The third-order valence-corrected chi connectivity index (χ3v) is 6.64. The fourth-order valence-corrected chi connectivity index (χ4v) is 4.88. The molecular weight excluding hydrogens is 406 g/mol. The number of ether oxygens (including phenoxy) is 2. The summed E-state index contributed by atoms with van der Waals surface area (Å²) in [5, 5.41) is 3.50. The minimum atomic E-state index is -0.110. The van der Waals surface area contributed by atoms with E-state index in [1.54, 1.807) is 11.6 Å². The number of carbonyl (C=O) groups is 1. The van der Waals surface area contributed by atoms with Gasteiger partial charge in [0.2, 0.25) is 12.7 Å². The molecule has 10 heteroatoms. The van der Waals surface area contributed by atoms with E-state index in [4.69, 9.17) is 9.47 Å². The zero-order valence-corrected chi connectivity index (χ0v) is 17.3. The van der Waals surface area contributed by atoms with E-state index in [9.17, 15) is 9.59 Å². The first kappa shape index (κ1) is 18.9. The fourth-order valence-electron chi connectivity index (χ4n) is 3.86. The van der Waals surface area contributed by atoms with E-state index in [1.807, 2.05) is 18.2 Å². The third kappa shape index (κ3) is 3.36. The largest absolute Gasteiger partial charge is 0.454 e. The molecule has 0 bridgehead atoms. The number of thiazole rings is 1. The van der Waals surface area contributed by atoms with E-state index in [0.717, 1.165) is 36.6 Å². The number of amides is 1. The first-order valence-corrected chi connectivity index (χ1v) is 10.6. The number of piperidine rings is 1. The van der Waals surface area contributed by atoms with Crippen LogP contribution in [0.3, 0.4) is 0 Å². The third-order valence-electron chi connectivity index (χ3n) is 5.55. The van der Waals surface area contributed by atoms with Gasteiger partial charge in [0, 0.05) is 26.1 Å². The monoisotopic (exact) mass is 427 g/mol. The zero-order valence-electron chi connectivity index (χ0n) is 16.5. The number of fused-ring (bicyclic) bond motifs is 2. The molecule has 0 spiro atoms. The van der Waals surface area contributed by atoms with Crippen LogP contribution in [0.1, 0.15) is 18.4 Å². The minimum Gasteiger partial charge on any atom is -0.454 e. The average molecular weight is 427 g/mol. The van der Waals surface area contributed by atoms with Gasteiger partial charge in [0.15, 0.2) is 22.3 Å². The van der Waals surface area contributed by atoms with Crippen molar-refractivity contribution in [2.45, 2.75) is 19.4 Å². The highest BCUT2D eigenvalue weighted by Crippen LogP contribution is 2.33. The normalized spacial score (nSPS) is 16.2. The average Bonchev–Trinajstić information content (AvgIpc) is 3.42. The van der Waals surface area contributed by atoms with Crippen molar-refractivity contribution in [3.63, 3.8) is 0 Å². The van der Waals surface area contributed by atoms with Gasteiger partial charge < -0.3 is 19.7 Å². The molecule has 0 radical (unpaired) electrons. The molecule has 156 valence electrons. The number of rotatable bonds is 4. The van der Waals surface area contributed by atoms with Gasteiger partial charge in [0.25, 0.3) is 5.56 Å². The molecule has 2 aliphatic rings. The van der Waals surface area contributed by atoms with E-state index in [0.29, 0.717) is 28.4 Å². The number of anilines is 1. The van der Waals surface area contributed by atoms with E-state index < -0.39 is 0 Å². The summed E-state index contributed by atoms with van der Waals surface area (Å²) in [6.07, 6.45) is 3.09. The molecule has 1 N–H and O–H groups in total. The van der Waals surface area contributed by atoms with Crippen LogP contribution < -0.4 is 25.2 Å². The highest BCUT2D eigenvalue weighted by molar-refractivity contribution is 7.22. The molecule has 0 saturated carbocycles. The molecule has 1 fully saturated rings. The molecule has 2 aromatic heterocycles. The van der Waals surface area contributed by atoms with Crippen molar-refractivity contribution in [3.05, 3.63) is 40.4 Å². The van der Waals surface area contributed by atoms with Crippen LogP contribution in [-0.2, 0) is 11.3 Å². The Kier molecular flexibility index (Phi) is 4.78. The summed E-state index contributed by atoms with van der Waals surface area (Å²) in [4.78, 5) is 35.9. The zero-order chi connectivity index (χ0) is 20.7. The summed E-state index contributed by atoms with van der Waals surface area (Å²) in [5.74, 6) is 1.53. The Bertz CT molecular complexity index is 1170. The molecule has 1 amide bonds. The number of benzene rings is 1. The summed E-state index contributed by atoms with van der Waals surface area (Å²) in [7, 11) is 1.67. The Balaban J connectivity index is 1.36.